The average molecular weight is 370 g/mol. The fraction of sp³-hybridized carbons (Fsp3) is 0.143. The van der Waals surface area contributed by atoms with E-state index in [9.17, 15) is 4.79 Å². The Morgan fingerprint density at radius 2 is 1.96 bits per heavy atom. The van der Waals surface area contributed by atoms with Crippen LogP contribution in [0.1, 0.15) is 16.5 Å². The summed E-state index contributed by atoms with van der Waals surface area (Å²) in [5.41, 5.74) is 10.7. The molecule has 28 heavy (non-hydrogen) atoms. The lowest BCUT2D eigenvalue weighted by atomic mass is 10.1. The first-order chi connectivity index (χ1) is 13.7. The summed E-state index contributed by atoms with van der Waals surface area (Å²) in [6.07, 6.45) is 3.57. The molecule has 138 valence electrons. The van der Waals surface area contributed by atoms with E-state index in [-0.39, 0.29) is 11.9 Å². The van der Waals surface area contributed by atoms with Gasteiger partial charge in [0.1, 0.15) is 5.69 Å². The molecule has 0 fully saturated rings. The van der Waals surface area contributed by atoms with Crippen molar-refractivity contribution in [3.8, 4) is 22.5 Å². The number of amides is 1. The van der Waals surface area contributed by atoms with Crippen molar-refractivity contribution in [2.75, 3.05) is 13.1 Å². The van der Waals surface area contributed by atoms with Crippen LogP contribution in [0.4, 0.5) is 0 Å². The second kappa shape index (κ2) is 6.54. The van der Waals surface area contributed by atoms with Crippen molar-refractivity contribution >= 4 is 16.8 Å². The van der Waals surface area contributed by atoms with Gasteiger partial charge in [0.15, 0.2) is 0 Å². The van der Waals surface area contributed by atoms with Crippen molar-refractivity contribution in [1.29, 1.82) is 0 Å². The number of nitrogens with one attached hydrogen (secondary N) is 1. The molecule has 0 saturated heterocycles. The lowest BCUT2D eigenvalue weighted by molar-refractivity contribution is 0.0911. The first-order valence-electron chi connectivity index (χ1n) is 9.12. The number of nitrogens with two attached hydrogens (primary N) is 1. The maximum Gasteiger partial charge on any atom is 0.269 e. The predicted octanol–water partition coefficient (Wildman–Crippen LogP) is 2.40. The van der Waals surface area contributed by atoms with E-state index in [1.54, 1.807) is 16.9 Å². The fourth-order valence-electron chi connectivity index (χ4n) is 3.51. The van der Waals surface area contributed by atoms with Crippen molar-refractivity contribution in [3.05, 3.63) is 66.6 Å². The van der Waals surface area contributed by atoms with Gasteiger partial charge in [-0.25, -0.2) is 0 Å². The molecule has 4 aromatic rings. The van der Waals surface area contributed by atoms with Crippen LogP contribution in [0.5, 0.6) is 0 Å². The second-order valence-electron chi connectivity index (χ2n) is 6.81. The Hall–Kier alpha value is -3.58. The molecule has 0 radical (unpaired) electrons. The number of carbonyl (C=O) groups is 1. The Bertz CT molecular complexity index is 1200. The highest BCUT2D eigenvalue weighted by molar-refractivity contribution is 5.94. The van der Waals surface area contributed by atoms with Gasteiger partial charge >= 0.3 is 0 Å². The van der Waals surface area contributed by atoms with E-state index in [4.69, 9.17) is 5.73 Å². The summed E-state index contributed by atoms with van der Waals surface area (Å²) < 4.78 is 1.73. The third-order valence-electron chi connectivity index (χ3n) is 5.03. The minimum atomic E-state index is -0.128. The number of hydrogen-bond acceptors (Lipinski definition) is 5. The fourth-order valence-corrected chi connectivity index (χ4v) is 3.51. The number of hydrogen-bond donors (Lipinski definition) is 2. The molecule has 3 aromatic heterocycles. The molecule has 7 nitrogen and oxygen atoms in total. The zero-order valence-corrected chi connectivity index (χ0v) is 15.0. The minimum absolute atomic E-state index is 0.0348. The summed E-state index contributed by atoms with van der Waals surface area (Å²) in [5, 5.41) is 8.56. The van der Waals surface area contributed by atoms with Gasteiger partial charge in [0.2, 0.25) is 0 Å². The topological polar surface area (TPSA) is 98.7 Å². The van der Waals surface area contributed by atoms with Crippen LogP contribution in [0.25, 0.3) is 33.4 Å². The Balaban J connectivity index is 1.57. The van der Waals surface area contributed by atoms with Crippen molar-refractivity contribution in [2.24, 2.45) is 5.73 Å². The second-order valence-corrected chi connectivity index (χ2v) is 6.81. The smallest absolute Gasteiger partial charge is 0.269 e. The van der Waals surface area contributed by atoms with Crippen LogP contribution in [-0.4, -0.2) is 38.7 Å². The molecule has 1 aliphatic rings. The van der Waals surface area contributed by atoms with Gasteiger partial charge in [0, 0.05) is 42.0 Å². The third-order valence-corrected chi connectivity index (χ3v) is 5.03. The Morgan fingerprint density at radius 1 is 1.07 bits per heavy atom. The van der Waals surface area contributed by atoms with Gasteiger partial charge in [-0.15, -0.1) is 0 Å². The normalized spacial score (nSPS) is 16.0. The summed E-state index contributed by atoms with van der Waals surface area (Å²) in [6.45, 7) is 0.909. The van der Waals surface area contributed by atoms with Crippen molar-refractivity contribution in [1.82, 2.24) is 25.1 Å². The molecular formula is C21H18N6O. The minimum Gasteiger partial charge on any atom is -0.349 e. The molecule has 0 aliphatic carbocycles. The number of benzene rings is 1. The number of rotatable bonds is 3. The summed E-state index contributed by atoms with van der Waals surface area (Å²) in [7, 11) is 0. The number of nitrogens with zero attached hydrogens (tertiary/aromatic N) is 4. The lowest BCUT2D eigenvalue weighted by Crippen LogP contribution is -2.42. The number of fused-ring (bicyclic) bond motifs is 2. The van der Waals surface area contributed by atoms with Gasteiger partial charge in [-0.2, -0.15) is 5.10 Å². The van der Waals surface area contributed by atoms with Gasteiger partial charge in [-0.05, 0) is 30.3 Å². The molecule has 1 unspecified atom stereocenters. The zero-order chi connectivity index (χ0) is 19.1. The van der Waals surface area contributed by atoms with Crippen LogP contribution >= 0.6 is 0 Å². The molecule has 1 aromatic carbocycles. The van der Waals surface area contributed by atoms with Crippen LogP contribution < -0.4 is 11.1 Å². The predicted molar refractivity (Wildman–Crippen MR) is 107 cm³/mol. The summed E-state index contributed by atoms with van der Waals surface area (Å²) in [5.74, 6) is -0.128. The maximum absolute atomic E-state index is 12.2. The van der Waals surface area contributed by atoms with E-state index in [2.05, 4.69) is 26.4 Å². The molecule has 1 aliphatic heterocycles. The van der Waals surface area contributed by atoms with Crippen molar-refractivity contribution in [3.63, 3.8) is 0 Å². The van der Waals surface area contributed by atoms with Crippen molar-refractivity contribution in [2.45, 2.75) is 6.04 Å². The Morgan fingerprint density at radius 3 is 2.86 bits per heavy atom. The zero-order valence-electron chi connectivity index (χ0n) is 15.0. The van der Waals surface area contributed by atoms with Gasteiger partial charge in [-0.3, -0.25) is 19.4 Å². The molecule has 7 heteroatoms. The SMILES string of the molecule is NCC1CNC(=O)c2cc(-c3ccnc(-c4cnc5ccccc5c4)c3)nn21. The monoisotopic (exact) mass is 370 g/mol. The van der Waals surface area contributed by atoms with Crippen LogP contribution in [0, 0.1) is 0 Å². The van der Waals surface area contributed by atoms with E-state index >= 15 is 0 Å². The summed E-state index contributed by atoms with van der Waals surface area (Å²) in [4.78, 5) is 21.2. The first kappa shape index (κ1) is 16.6. The van der Waals surface area contributed by atoms with E-state index in [0.717, 1.165) is 33.4 Å². The highest BCUT2D eigenvalue weighted by Gasteiger charge is 2.26. The molecule has 5 rings (SSSR count). The standard InChI is InChI=1S/C21H18N6O/c22-10-16-12-25-21(28)20-9-19(26-27(16)20)14-5-6-23-18(8-14)15-7-13-3-1-2-4-17(13)24-11-15/h1-9,11,16H,10,12,22H2,(H,25,28). The average Bonchev–Trinajstić information content (AvgIpc) is 3.20. The molecule has 0 spiro atoms. The molecule has 0 saturated carbocycles. The summed E-state index contributed by atoms with van der Waals surface area (Å²) in [6, 6.07) is 15.7. The van der Waals surface area contributed by atoms with E-state index in [1.165, 1.54) is 0 Å². The summed E-state index contributed by atoms with van der Waals surface area (Å²) >= 11 is 0. The van der Waals surface area contributed by atoms with Crippen LogP contribution in [-0.2, 0) is 0 Å². The number of pyridine rings is 2. The number of aromatic nitrogens is 4. The molecule has 3 N–H and O–H groups in total. The quantitative estimate of drug-likeness (QED) is 0.577. The molecular weight excluding hydrogens is 352 g/mol. The Labute approximate surface area is 161 Å². The highest BCUT2D eigenvalue weighted by Crippen LogP contribution is 2.27. The molecule has 1 amide bonds. The van der Waals surface area contributed by atoms with Gasteiger partial charge < -0.3 is 11.1 Å². The van der Waals surface area contributed by atoms with E-state index < -0.39 is 0 Å². The number of carbonyl (C=O) groups excluding carboxylic acids is 1. The lowest BCUT2D eigenvalue weighted by Gasteiger charge is -2.23. The molecule has 1 atom stereocenters. The molecule has 4 heterocycles. The largest absolute Gasteiger partial charge is 0.349 e. The van der Waals surface area contributed by atoms with Gasteiger partial charge in [0.25, 0.3) is 5.91 Å². The first-order valence-corrected chi connectivity index (χ1v) is 9.12. The van der Waals surface area contributed by atoms with E-state index in [0.29, 0.717) is 18.8 Å². The van der Waals surface area contributed by atoms with Crippen LogP contribution in [0.2, 0.25) is 0 Å². The van der Waals surface area contributed by atoms with E-state index in [1.807, 2.05) is 42.6 Å². The maximum atomic E-state index is 12.2. The third kappa shape index (κ3) is 2.73. The van der Waals surface area contributed by atoms with Crippen LogP contribution in [0.3, 0.4) is 0 Å². The number of para-hydroxylation sites is 1. The van der Waals surface area contributed by atoms with Gasteiger partial charge in [0.05, 0.1) is 22.9 Å². The van der Waals surface area contributed by atoms with Crippen molar-refractivity contribution < 1.29 is 4.79 Å². The van der Waals surface area contributed by atoms with Crippen LogP contribution in [0.15, 0.2) is 60.9 Å². The Kier molecular flexibility index (Phi) is 3.87. The van der Waals surface area contributed by atoms with Gasteiger partial charge in [-0.1, -0.05) is 18.2 Å². The highest BCUT2D eigenvalue weighted by atomic mass is 16.2. The molecule has 0 bridgehead atoms.